The van der Waals surface area contributed by atoms with E-state index < -0.39 is 10.8 Å². The van der Waals surface area contributed by atoms with Crippen LogP contribution in [0, 0.1) is 10.1 Å². The molecule has 2 aromatic rings. The van der Waals surface area contributed by atoms with E-state index in [9.17, 15) is 14.9 Å². The summed E-state index contributed by atoms with van der Waals surface area (Å²) in [7, 11) is 0. The van der Waals surface area contributed by atoms with E-state index in [2.05, 4.69) is 10.3 Å². The summed E-state index contributed by atoms with van der Waals surface area (Å²) in [6.45, 7) is 0. The normalized spacial score (nSPS) is 10.1. The number of nitrogens with zero attached hydrogens (tertiary/aromatic N) is 2. The minimum absolute atomic E-state index is 0.0225. The summed E-state index contributed by atoms with van der Waals surface area (Å²) in [6, 6.07) is 7.11. The molecule has 0 radical (unpaired) electrons. The molecule has 1 aromatic carbocycles. The molecular formula is C12H9ClN4O3. The van der Waals surface area contributed by atoms with Crippen LogP contribution in [0.5, 0.6) is 0 Å². The molecule has 1 aromatic heterocycles. The monoisotopic (exact) mass is 292 g/mol. The highest BCUT2D eigenvalue weighted by Gasteiger charge is 2.19. The van der Waals surface area contributed by atoms with Crippen molar-refractivity contribution in [3.05, 3.63) is 57.2 Å². The third-order valence-corrected chi connectivity index (χ3v) is 2.79. The summed E-state index contributed by atoms with van der Waals surface area (Å²) >= 11 is 5.79. The van der Waals surface area contributed by atoms with E-state index in [1.807, 2.05) is 0 Å². The molecule has 0 saturated heterocycles. The smallest absolute Gasteiger partial charge is 0.271 e. The number of carbonyl (C=O) groups is 1. The molecule has 0 fully saturated rings. The van der Waals surface area contributed by atoms with Gasteiger partial charge in [-0.25, -0.2) is 4.98 Å². The number of benzene rings is 1. The molecule has 0 aliphatic carbocycles. The summed E-state index contributed by atoms with van der Waals surface area (Å²) in [5, 5.41) is 13.2. The van der Waals surface area contributed by atoms with Crippen molar-refractivity contribution >= 4 is 34.7 Å². The maximum Gasteiger partial charge on any atom is 0.271 e. The van der Waals surface area contributed by atoms with Gasteiger partial charge in [0.1, 0.15) is 5.82 Å². The van der Waals surface area contributed by atoms with E-state index >= 15 is 0 Å². The van der Waals surface area contributed by atoms with E-state index in [4.69, 9.17) is 17.3 Å². The van der Waals surface area contributed by atoms with Crippen LogP contribution in [0.25, 0.3) is 0 Å². The van der Waals surface area contributed by atoms with Crippen LogP contribution >= 0.6 is 11.6 Å². The van der Waals surface area contributed by atoms with Gasteiger partial charge in [-0.3, -0.25) is 14.9 Å². The Morgan fingerprint density at radius 1 is 1.40 bits per heavy atom. The Labute approximate surface area is 118 Å². The van der Waals surface area contributed by atoms with Crippen LogP contribution < -0.4 is 11.1 Å². The Hall–Kier alpha value is -2.67. The fourth-order valence-corrected chi connectivity index (χ4v) is 1.73. The van der Waals surface area contributed by atoms with Crippen molar-refractivity contribution in [2.24, 2.45) is 0 Å². The van der Waals surface area contributed by atoms with Gasteiger partial charge in [0.2, 0.25) is 0 Å². The van der Waals surface area contributed by atoms with Gasteiger partial charge in [0.05, 0.1) is 21.2 Å². The van der Waals surface area contributed by atoms with Gasteiger partial charge in [0, 0.05) is 18.3 Å². The predicted octanol–water partition coefficient (Wildman–Crippen LogP) is 2.48. The molecule has 102 valence electrons. The summed E-state index contributed by atoms with van der Waals surface area (Å²) in [5.74, 6) is -0.314. The summed E-state index contributed by atoms with van der Waals surface area (Å²) in [4.78, 5) is 26.1. The molecule has 1 heterocycles. The van der Waals surface area contributed by atoms with Crippen LogP contribution in [0.2, 0.25) is 5.02 Å². The van der Waals surface area contributed by atoms with Crippen molar-refractivity contribution in [3.8, 4) is 0 Å². The average Bonchev–Trinajstić information content (AvgIpc) is 2.42. The van der Waals surface area contributed by atoms with E-state index in [0.29, 0.717) is 5.82 Å². The van der Waals surface area contributed by atoms with Crippen molar-refractivity contribution in [1.82, 2.24) is 4.98 Å². The number of pyridine rings is 1. The number of hydrogen-bond donors (Lipinski definition) is 2. The van der Waals surface area contributed by atoms with Crippen LogP contribution in [0.4, 0.5) is 17.2 Å². The second kappa shape index (κ2) is 5.54. The number of nitro benzene ring substituents is 1. The fraction of sp³-hybridized carbons (Fsp3) is 0. The van der Waals surface area contributed by atoms with Gasteiger partial charge in [-0.1, -0.05) is 17.7 Å². The largest absolute Gasteiger partial charge is 0.397 e. The number of carbonyl (C=O) groups excluding carboxylic acids is 1. The standard InChI is InChI=1S/C12H9ClN4O3/c13-9-6-7(17(19)20)5-8(11(9)14)12(18)16-10-3-1-2-4-15-10/h1-6H,14H2,(H,15,16,18). The van der Waals surface area contributed by atoms with Gasteiger partial charge >= 0.3 is 0 Å². The van der Waals surface area contributed by atoms with Crippen molar-refractivity contribution in [2.45, 2.75) is 0 Å². The first-order chi connectivity index (χ1) is 9.49. The Morgan fingerprint density at radius 2 is 2.15 bits per heavy atom. The Kier molecular flexibility index (Phi) is 3.81. The molecule has 0 aliphatic heterocycles. The lowest BCUT2D eigenvalue weighted by Crippen LogP contribution is -2.15. The predicted molar refractivity (Wildman–Crippen MR) is 74.7 cm³/mol. The van der Waals surface area contributed by atoms with Crippen LogP contribution in [0.15, 0.2) is 36.5 Å². The number of aromatic nitrogens is 1. The summed E-state index contributed by atoms with van der Waals surface area (Å²) in [5.41, 5.74) is 5.26. The number of non-ortho nitro benzene ring substituents is 1. The van der Waals surface area contributed by atoms with Crippen molar-refractivity contribution < 1.29 is 9.72 Å². The van der Waals surface area contributed by atoms with Gasteiger partial charge in [-0.2, -0.15) is 0 Å². The number of hydrogen-bond acceptors (Lipinski definition) is 5. The third-order valence-electron chi connectivity index (χ3n) is 2.48. The van der Waals surface area contributed by atoms with Crippen molar-refractivity contribution in [1.29, 1.82) is 0 Å². The van der Waals surface area contributed by atoms with Gasteiger partial charge in [0.25, 0.3) is 11.6 Å². The SMILES string of the molecule is Nc1c(Cl)cc([N+](=O)[O-])cc1C(=O)Nc1ccccn1. The average molecular weight is 293 g/mol. The topological polar surface area (TPSA) is 111 Å². The molecule has 0 unspecified atom stereocenters. The maximum absolute atomic E-state index is 12.0. The summed E-state index contributed by atoms with van der Waals surface area (Å²) < 4.78 is 0. The van der Waals surface area contributed by atoms with Crippen LogP contribution in [-0.4, -0.2) is 15.8 Å². The molecule has 0 atom stereocenters. The zero-order valence-electron chi connectivity index (χ0n) is 10.0. The highest BCUT2D eigenvalue weighted by Crippen LogP contribution is 2.29. The maximum atomic E-state index is 12.0. The van der Waals surface area contributed by atoms with Crippen molar-refractivity contribution in [3.63, 3.8) is 0 Å². The second-order valence-corrected chi connectivity index (χ2v) is 4.22. The molecule has 20 heavy (non-hydrogen) atoms. The molecule has 0 aliphatic rings. The van der Waals surface area contributed by atoms with E-state index in [1.54, 1.807) is 18.2 Å². The van der Waals surface area contributed by atoms with Gasteiger partial charge in [-0.05, 0) is 12.1 Å². The Morgan fingerprint density at radius 3 is 2.75 bits per heavy atom. The van der Waals surface area contributed by atoms with Crippen molar-refractivity contribution in [2.75, 3.05) is 11.1 Å². The van der Waals surface area contributed by atoms with E-state index in [1.165, 1.54) is 6.20 Å². The van der Waals surface area contributed by atoms with Crippen LogP contribution in [-0.2, 0) is 0 Å². The second-order valence-electron chi connectivity index (χ2n) is 3.82. The number of amides is 1. The number of nitrogens with two attached hydrogens (primary N) is 1. The molecule has 7 nitrogen and oxygen atoms in total. The molecule has 0 spiro atoms. The molecule has 0 bridgehead atoms. The van der Waals surface area contributed by atoms with Gasteiger partial charge in [-0.15, -0.1) is 0 Å². The first-order valence-electron chi connectivity index (χ1n) is 5.45. The van der Waals surface area contributed by atoms with Gasteiger partial charge in [0.15, 0.2) is 0 Å². The number of halogens is 1. The lowest BCUT2D eigenvalue weighted by Gasteiger charge is -2.08. The van der Waals surface area contributed by atoms with Gasteiger partial charge < -0.3 is 11.1 Å². The number of nitrogens with one attached hydrogen (secondary N) is 1. The molecule has 3 N–H and O–H groups in total. The molecule has 0 saturated carbocycles. The Bertz CT molecular complexity index is 676. The molecule has 2 rings (SSSR count). The minimum Gasteiger partial charge on any atom is -0.397 e. The highest BCUT2D eigenvalue weighted by atomic mass is 35.5. The first-order valence-corrected chi connectivity index (χ1v) is 5.82. The minimum atomic E-state index is -0.650. The third kappa shape index (κ3) is 2.83. The van der Waals surface area contributed by atoms with Crippen LogP contribution in [0.1, 0.15) is 10.4 Å². The Balaban J connectivity index is 2.36. The molecule has 1 amide bonds. The lowest BCUT2D eigenvalue weighted by molar-refractivity contribution is -0.384. The first kappa shape index (κ1) is 13.8. The summed E-state index contributed by atoms with van der Waals surface area (Å²) in [6.07, 6.45) is 1.50. The van der Waals surface area contributed by atoms with E-state index in [-0.39, 0.29) is 22.0 Å². The lowest BCUT2D eigenvalue weighted by atomic mass is 10.1. The fourth-order valence-electron chi connectivity index (χ4n) is 1.52. The molecular weight excluding hydrogens is 284 g/mol. The zero-order chi connectivity index (χ0) is 14.7. The zero-order valence-corrected chi connectivity index (χ0v) is 10.8. The van der Waals surface area contributed by atoms with Crippen LogP contribution in [0.3, 0.4) is 0 Å². The number of rotatable bonds is 3. The highest BCUT2D eigenvalue weighted by molar-refractivity contribution is 6.34. The van der Waals surface area contributed by atoms with E-state index in [0.717, 1.165) is 12.1 Å². The quantitative estimate of drug-likeness (QED) is 0.513. The number of anilines is 2. The number of nitro groups is 1. The number of nitrogen functional groups attached to an aromatic ring is 1. The molecule has 8 heteroatoms.